The van der Waals surface area contributed by atoms with Crippen molar-refractivity contribution < 1.29 is 4.79 Å². The van der Waals surface area contributed by atoms with Crippen molar-refractivity contribution in [1.29, 1.82) is 0 Å². The van der Waals surface area contributed by atoms with E-state index in [0.29, 0.717) is 21.5 Å². The molecule has 2 aromatic heterocycles. The average Bonchev–Trinajstić information content (AvgIpc) is 3.07. The van der Waals surface area contributed by atoms with E-state index in [0.717, 1.165) is 16.1 Å². The molecule has 0 aliphatic heterocycles. The zero-order valence-corrected chi connectivity index (χ0v) is 15.3. The van der Waals surface area contributed by atoms with E-state index >= 15 is 0 Å². The van der Waals surface area contributed by atoms with Gasteiger partial charge in [0.25, 0.3) is 5.91 Å². The summed E-state index contributed by atoms with van der Waals surface area (Å²) in [7, 11) is 0. The number of carbonyl (C=O) groups is 1. The maximum absolute atomic E-state index is 12.5. The molecule has 1 N–H and O–H groups in total. The van der Waals surface area contributed by atoms with Gasteiger partial charge in [0.15, 0.2) is 5.69 Å². The summed E-state index contributed by atoms with van der Waals surface area (Å²) in [6.45, 7) is 7.59. The van der Waals surface area contributed by atoms with Gasteiger partial charge in [-0.25, -0.2) is 4.98 Å². The number of thiazole rings is 1. The van der Waals surface area contributed by atoms with Gasteiger partial charge in [0.05, 0.1) is 11.4 Å². The Morgan fingerprint density at radius 1 is 1.25 bits per heavy atom. The highest BCUT2D eigenvalue weighted by Gasteiger charge is 2.20. The van der Waals surface area contributed by atoms with Crippen LogP contribution in [0.25, 0.3) is 5.13 Å². The summed E-state index contributed by atoms with van der Waals surface area (Å²) in [4.78, 5) is 18.1. The fourth-order valence-corrected chi connectivity index (χ4v) is 3.28. The zero-order valence-electron chi connectivity index (χ0n) is 13.7. The lowest BCUT2D eigenvalue weighted by molar-refractivity contribution is 0.102. The van der Waals surface area contributed by atoms with Crippen molar-refractivity contribution in [3.05, 3.63) is 50.7 Å². The van der Waals surface area contributed by atoms with Gasteiger partial charge in [-0.15, -0.1) is 5.10 Å². The molecule has 0 aliphatic rings. The van der Waals surface area contributed by atoms with E-state index in [1.807, 2.05) is 20.8 Å². The molecule has 3 aromatic rings. The minimum atomic E-state index is -0.325. The Balaban J connectivity index is 1.90. The molecule has 0 saturated heterocycles. The normalized spacial score (nSPS) is 10.9. The number of hydrogen-bond donors (Lipinski definition) is 1. The van der Waals surface area contributed by atoms with Crippen LogP contribution in [0.5, 0.6) is 0 Å². The van der Waals surface area contributed by atoms with Crippen LogP contribution in [0.1, 0.15) is 32.3 Å². The summed E-state index contributed by atoms with van der Waals surface area (Å²) in [5, 5.41) is 12.2. The molecule has 0 aliphatic carbocycles. The number of hydrogen-bond acceptors (Lipinski definition) is 5. The lowest BCUT2D eigenvalue weighted by Crippen LogP contribution is -2.15. The van der Waals surface area contributed by atoms with Crippen LogP contribution in [0.4, 0.5) is 5.69 Å². The topological polar surface area (TPSA) is 72.7 Å². The molecule has 0 atom stereocenters. The van der Waals surface area contributed by atoms with Crippen LogP contribution in [0.3, 0.4) is 0 Å². The Labute approximate surface area is 148 Å². The number of rotatable bonds is 3. The molecule has 0 radical (unpaired) electrons. The van der Waals surface area contributed by atoms with Gasteiger partial charge in [0.2, 0.25) is 5.13 Å². The molecule has 24 heavy (non-hydrogen) atoms. The Kier molecular flexibility index (Phi) is 4.38. The molecule has 124 valence electrons. The third-order valence-corrected chi connectivity index (χ3v) is 5.28. The Morgan fingerprint density at radius 2 is 2.00 bits per heavy atom. The van der Waals surface area contributed by atoms with Gasteiger partial charge in [-0.1, -0.05) is 34.2 Å². The maximum atomic E-state index is 12.5. The quantitative estimate of drug-likeness (QED) is 0.768. The summed E-state index contributed by atoms with van der Waals surface area (Å²) in [6, 6.07) is 5.36. The number of nitrogens with one attached hydrogen (secondary N) is 1. The third kappa shape index (κ3) is 2.92. The highest BCUT2D eigenvalue weighted by Crippen LogP contribution is 2.24. The molecular weight excluding hydrogens is 346 g/mol. The summed E-state index contributed by atoms with van der Waals surface area (Å²) in [5.41, 5.74) is 3.32. The van der Waals surface area contributed by atoms with E-state index in [1.54, 1.807) is 29.8 Å². The second kappa shape index (κ2) is 6.33. The van der Waals surface area contributed by atoms with Crippen molar-refractivity contribution in [1.82, 2.24) is 20.0 Å². The first kappa shape index (κ1) is 16.6. The first-order valence-corrected chi connectivity index (χ1v) is 8.51. The number of anilines is 1. The number of halogens is 1. The van der Waals surface area contributed by atoms with Crippen LogP contribution in [0.15, 0.2) is 18.2 Å². The number of aryl methyl sites for hydroxylation is 2. The van der Waals surface area contributed by atoms with Crippen molar-refractivity contribution in [2.24, 2.45) is 0 Å². The SMILES string of the molecule is Cc1nc(-n2nnc(C(=O)Nc3cccc(Cl)c3C)c2C)sc1C. The van der Waals surface area contributed by atoms with Crippen LogP contribution in [-0.2, 0) is 0 Å². The van der Waals surface area contributed by atoms with Gasteiger partial charge >= 0.3 is 0 Å². The number of nitrogens with zero attached hydrogens (tertiary/aromatic N) is 4. The van der Waals surface area contributed by atoms with Gasteiger partial charge in [0, 0.05) is 15.6 Å². The largest absolute Gasteiger partial charge is 0.320 e. The lowest BCUT2D eigenvalue weighted by Gasteiger charge is -2.08. The highest BCUT2D eigenvalue weighted by atomic mass is 35.5. The zero-order chi connectivity index (χ0) is 17.4. The number of aromatic nitrogens is 4. The van der Waals surface area contributed by atoms with Crippen LogP contribution >= 0.6 is 22.9 Å². The fourth-order valence-electron chi connectivity index (χ4n) is 2.19. The van der Waals surface area contributed by atoms with Gasteiger partial charge in [-0.3, -0.25) is 4.79 Å². The monoisotopic (exact) mass is 361 g/mol. The first-order chi connectivity index (χ1) is 11.4. The Hall–Kier alpha value is -2.25. The van der Waals surface area contributed by atoms with E-state index in [9.17, 15) is 4.79 Å². The van der Waals surface area contributed by atoms with Gasteiger partial charge in [-0.05, 0) is 45.4 Å². The molecule has 8 heteroatoms. The number of amides is 1. The molecule has 0 bridgehead atoms. The summed E-state index contributed by atoms with van der Waals surface area (Å²) >= 11 is 7.60. The van der Waals surface area contributed by atoms with Crippen molar-refractivity contribution >= 4 is 34.5 Å². The second-order valence-electron chi connectivity index (χ2n) is 5.44. The van der Waals surface area contributed by atoms with Crippen LogP contribution < -0.4 is 5.32 Å². The van der Waals surface area contributed by atoms with Gasteiger partial charge in [-0.2, -0.15) is 4.68 Å². The second-order valence-corrected chi connectivity index (χ2v) is 7.03. The Bertz CT molecular complexity index is 911. The molecule has 6 nitrogen and oxygen atoms in total. The standard InChI is InChI=1S/C16H16ClN5OS/c1-8-12(17)6-5-7-13(8)19-15(23)14-10(3)22(21-20-14)16-18-9(2)11(4)24-16/h5-7H,1-4H3,(H,19,23). The molecule has 1 amide bonds. The molecule has 0 fully saturated rings. The fraction of sp³-hybridized carbons (Fsp3) is 0.250. The molecule has 0 saturated carbocycles. The molecule has 3 rings (SSSR count). The van der Waals surface area contributed by atoms with E-state index in [-0.39, 0.29) is 11.6 Å². The molecule has 0 unspecified atom stereocenters. The van der Waals surface area contributed by atoms with Crippen LogP contribution in [0, 0.1) is 27.7 Å². The molecule has 0 spiro atoms. The average molecular weight is 362 g/mol. The maximum Gasteiger partial charge on any atom is 0.278 e. The van der Waals surface area contributed by atoms with Gasteiger partial charge in [0.1, 0.15) is 0 Å². The van der Waals surface area contributed by atoms with E-state index in [2.05, 4.69) is 20.6 Å². The predicted molar refractivity (Wildman–Crippen MR) is 95.4 cm³/mol. The van der Waals surface area contributed by atoms with E-state index in [1.165, 1.54) is 11.3 Å². The van der Waals surface area contributed by atoms with Crippen molar-refractivity contribution in [2.45, 2.75) is 27.7 Å². The third-order valence-electron chi connectivity index (χ3n) is 3.82. The van der Waals surface area contributed by atoms with Crippen LogP contribution in [0.2, 0.25) is 5.02 Å². The van der Waals surface area contributed by atoms with Gasteiger partial charge < -0.3 is 5.32 Å². The first-order valence-electron chi connectivity index (χ1n) is 7.31. The van der Waals surface area contributed by atoms with Crippen molar-refractivity contribution in [3.8, 4) is 5.13 Å². The van der Waals surface area contributed by atoms with E-state index < -0.39 is 0 Å². The molecular formula is C16H16ClN5OS. The van der Waals surface area contributed by atoms with Crippen molar-refractivity contribution in [2.75, 3.05) is 5.32 Å². The minimum Gasteiger partial charge on any atom is -0.320 e. The number of benzene rings is 1. The van der Waals surface area contributed by atoms with Crippen molar-refractivity contribution in [3.63, 3.8) is 0 Å². The lowest BCUT2D eigenvalue weighted by atomic mass is 10.2. The minimum absolute atomic E-state index is 0.264. The summed E-state index contributed by atoms with van der Waals surface area (Å²) < 4.78 is 1.59. The smallest absolute Gasteiger partial charge is 0.278 e. The Morgan fingerprint density at radius 3 is 2.67 bits per heavy atom. The summed E-state index contributed by atoms with van der Waals surface area (Å²) in [6.07, 6.45) is 0. The summed E-state index contributed by atoms with van der Waals surface area (Å²) in [5.74, 6) is -0.325. The molecule has 2 heterocycles. The predicted octanol–water partition coefficient (Wildman–Crippen LogP) is 3.86. The van der Waals surface area contributed by atoms with E-state index in [4.69, 9.17) is 11.6 Å². The molecule has 1 aromatic carbocycles. The number of carbonyl (C=O) groups excluding carboxylic acids is 1. The highest BCUT2D eigenvalue weighted by molar-refractivity contribution is 7.14. The van der Waals surface area contributed by atoms with Crippen LogP contribution in [-0.4, -0.2) is 25.9 Å².